The molecule has 0 radical (unpaired) electrons. The van der Waals surface area contributed by atoms with E-state index in [-0.39, 0.29) is 6.04 Å². The van der Waals surface area contributed by atoms with Gasteiger partial charge in [0.1, 0.15) is 0 Å². The fourth-order valence-corrected chi connectivity index (χ4v) is 3.12. The number of aryl methyl sites for hydroxylation is 2. The number of rotatable bonds is 5. The first-order chi connectivity index (χ1) is 9.55. The van der Waals surface area contributed by atoms with Gasteiger partial charge in [-0.2, -0.15) is 0 Å². The summed E-state index contributed by atoms with van der Waals surface area (Å²) in [5, 5.41) is 4.57. The smallest absolute Gasteiger partial charge is 0.162 e. The van der Waals surface area contributed by atoms with E-state index < -0.39 is 0 Å². The minimum absolute atomic E-state index is 0.208. The molecule has 1 N–H and O–H groups in total. The van der Waals surface area contributed by atoms with E-state index in [9.17, 15) is 0 Å². The van der Waals surface area contributed by atoms with Gasteiger partial charge in [-0.15, -0.1) is 11.3 Å². The van der Waals surface area contributed by atoms with Crippen LogP contribution in [0.5, 0.6) is 11.5 Å². The third-order valence-electron chi connectivity index (χ3n) is 3.10. The third-order valence-corrected chi connectivity index (χ3v) is 4.35. The minimum Gasteiger partial charge on any atom is -0.493 e. The van der Waals surface area contributed by atoms with Crippen molar-refractivity contribution >= 4 is 17.0 Å². The van der Waals surface area contributed by atoms with E-state index in [1.807, 2.05) is 32.0 Å². The third kappa shape index (κ3) is 3.04. The second-order valence-corrected chi connectivity index (χ2v) is 5.85. The monoisotopic (exact) mass is 292 g/mol. The summed E-state index contributed by atoms with van der Waals surface area (Å²) in [7, 11) is 3.28. The van der Waals surface area contributed by atoms with Gasteiger partial charge in [-0.3, -0.25) is 0 Å². The van der Waals surface area contributed by atoms with Gasteiger partial charge in [0.25, 0.3) is 0 Å². The van der Waals surface area contributed by atoms with Gasteiger partial charge in [0, 0.05) is 16.6 Å². The molecule has 0 fully saturated rings. The molecule has 0 amide bonds. The Labute approximate surface area is 123 Å². The van der Waals surface area contributed by atoms with Crippen LogP contribution >= 0.6 is 11.3 Å². The standard InChI is InChI=1S/C15H20N2O2S/c1-9-15(20-11(3)16-9)10(2)17-12-6-7-13(18-4)14(8-12)19-5/h6-8,10,17H,1-5H3. The SMILES string of the molecule is COc1ccc(NC(C)c2sc(C)nc2C)cc1OC. The van der Waals surface area contributed by atoms with Crippen LogP contribution in [-0.2, 0) is 0 Å². The van der Waals surface area contributed by atoms with Crippen molar-refractivity contribution in [2.45, 2.75) is 26.8 Å². The molecule has 0 spiro atoms. The lowest BCUT2D eigenvalue weighted by molar-refractivity contribution is 0.355. The highest BCUT2D eigenvalue weighted by Crippen LogP contribution is 2.32. The van der Waals surface area contributed by atoms with Gasteiger partial charge in [0.2, 0.25) is 0 Å². The lowest BCUT2D eigenvalue weighted by atomic mass is 10.2. The first-order valence-electron chi connectivity index (χ1n) is 6.47. The van der Waals surface area contributed by atoms with E-state index >= 15 is 0 Å². The van der Waals surface area contributed by atoms with Gasteiger partial charge >= 0.3 is 0 Å². The quantitative estimate of drug-likeness (QED) is 0.906. The summed E-state index contributed by atoms with van der Waals surface area (Å²) in [6.07, 6.45) is 0. The van der Waals surface area contributed by atoms with Crippen molar-refractivity contribution in [3.05, 3.63) is 33.8 Å². The van der Waals surface area contributed by atoms with Crippen LogP contribution in [0, 0.1) is 13.8 Å². The normalized spacial score (nSPS) is 12.1. The van der Waals surface area contributed by atoms with E-state index in [1.165, 1.54) is 4.88 Å². The molecule has 2 rings (SSSR count). The molecule has 1 aromatic heterocycles. The number of methoxy groups -OCH3 is 2. The van der Waals surface area contributed by atoms with Crippen molar-refractivity contribution in [2.24, 2.45) is 0 Å². The van der Waals surface area contributed by atoms with E-state index in [1.54, 1.807) is 25.6 Å². The number of nitrogens with one attached hydrogen (secondary N) is 1. The van der Waals surface area contributed by atoms with Gasteiger partial charge in [-0.1, -0.05) is 0 Å². The van der Waals surface area contributed by atoms with Crippen LogP contribution in [0.4, 0.5) is 5.69 Å². The van der Waals surface area contributed by atoms with Gasteiger partial charge in [0.15, 0.2) is 11.5 Å². The predicted octanol–water partition coefficient (Wildman–Crippen LogP) is 3.95. The van der Waals surface area contributed by atoms with Crippen LogP contribution in [0.3, 0.4) is 0 Å². The average molecular weight is 292 g/mol. The molecule has 20 heavy (non-hydrogen) atoms. The van der Waals surface area contributed by atoms with Crippen molar-refractivity contribution in [3.8, 4) is 11.5 Å². The molecule has 0 saturated heterocycles. The van der Waals surface area contributed by atoms with E-state index in [4.69, 9.17) is 9.47 Å². The van der Waals surface area contributed by atoms with Crippen LogP contribution < -0.4 is 14.8 Å². The highest BCUT2D eigenvalue weighted by Gasteiger charge is 2.13. The molecule has 1 unspecified atom stereocenters. The Balaban J connectivity index is 2.19. The number of benzene rings is 1. The zero-order valence-electron chi connectivity index (χ0n) is 12.5. The second-order valence-electron chi connectivity index (χ2n) is 4.62. The van der Waals surface area contributed by atoms with Gasteiger partial charge in [0.05, 0.1) is 31.0 Å². The van der Waals surface area contributed by atoms with Crippen LogP contribution in [0.15, 0.2) is 18.2 Å². The van der Waals surface area contributed by atoms with Gasteiger partial charge < -0.3 is 14.8 Å². The first kappa shape index (κ1) is 14.7. The molecular weight excluding hydrogens is 272 g/mol. The molecule has 4 nitrogen and oxygen atoms in total. The summed E-state index contributed by atoms with van der Waals surface area (Å²) in [6.45, 7) is 6.21. The Bertz CT molecular complexity index is 596. The molecule has 0 bridgehead atoms. The van der Waals surface area contributed by atoms with E-state index in [0.29, 0.717) is 0 Å². The number of hydrogen-bond donors (Lipinski definition) is 1. The molecule has 0 aliphatic heterocycles. The average Bonchev–Trinajstić information content (AvgIpc) is 2.77. The number of aromatic nitrogens is 1. The number of nitrogens with zero attached hydrogens (tertiary/aromatic N) is 1. The Hall–Kier alpha value is -1.75. The number of hydrogen-bond acceptors (Lipinski definition) is 5. The fraction of sp³-hybridized carbons (Fsp3) is 0.400. The molecule has 1 aromatic carbocycles. The number of thiazole rings is 1. The Kier molecular flexibility index (Phi) is 4.49. The maximum absolute atomic E-state index is 5.32. The van der Waals surface area contributed by atoms with Crippen LogP contribution in [0.25, 0.3) is 0 Å². The molecular formula is C15H20N2O2S. The first-order valence-corrected chi connectivity index (χ1v) is 7.29. The Morgan fingerprint density at radius 1 is 1.15 bits per heavy atom. The minimum atomic E-state index is 0.208. The maximum atomic E-state index is 5.32. The largest absolute Gasteiger partial charge is 0.493 e. The number of ether oxygens (including phenoxy) is 2. The maximum Gasteiger partial charge on any atom is 0.162 e. The predicted molar refractivity (Wildman–Crippen MR) is 83.2 cm³/mol. The van der Waals surface area contributed by atoms with Crippen LogP contribution in [0.2, 0.25) is 0 Å². The number of anilines is 1. The molecule has 0 saturated carbocycles. The summed E-state index contributed by atoms with van der Waals surface area (Å²) >= 11 is 1.73. The highest BCUT2D eigenvalue weighted by molar-refractivity contribution is 7.11. The van der Waals surface area contributed by atoms with Crippen molar-refractivity contribution < 1.29 is 9.47 Å². The van der Waals surface area contributed by atoms with Crippen LogP contribution in [-0.4, -0.2) is 19.2 Å². The van der Waals surface area contributed by atoms with Crippen molar-refractivity contribution in [3.63, 3.8) is 0 Å². The molecule has 0 aliphatic carbocycles. The van der Waals surface area contributed by atoms with Crippen molar-refractivity contribution in [1.82, 2.24) is 4.98 Å². The van der Waals surface area contributed by atoms with Crippen molar-refractivity contribution in [2.75, 3.05) is 19.5 Å². The zero-order valence-corrected chi connectivity index (χ0v) is 13.3. The molecule has 5 heteroatoms. The molecule has 1 atom stereocenters. The summed E-state index contributed by atoms with van der Waals surface area (Å²) in [4.78, 5) is 5.73. The Morgan fingerprint density at radius 2 is 1.85 bits per heavy atom. The summed E-state index contributed by atoms with van der Waals surface area (Å²) < 4.78 is 10.6. The van der Waals surface area contributed by atoms with E-state index in [0.717, 1.165) is 27.9 Å². The zero-order chi connectivity index (χ0) is 14.7. The summed E-state index contributed by atoms with van der Waals surface area (Å²) in [6, 6.07) is 6.04. The second kappa shape index (κ2) is 6.13. The van der Waals surface area contributed by atoms with Crippen LogP contribution in [0.1, 0.15) is 28.5 Å². The van der Waals surface area contributed by atoms with Gasteiger partial charge in [-0.05, 0) is 32.9 Å². The highest BCUT2D eigenvalue weighted by atomic mass is 32.1. The molecule has 0 aliphatic rings. The van der Waals surface area contributed by atoms with E-state index in [2.05, 4.69) is 17.2 Å². The lowest BCUT2D eigenvalue weighted by Gasteiger charge is -2.16. The summed E-state index contributed by atoms with van der Waals surface area (Å²) in [5.74, 6) is 1.46. The van der Waals surface area contributed by atoms with Crippen molar-refractivity contribution in [1.29, 1.82) is 0 Å². The topological polar surface area (TPSA) is 43.4 Å². The molecule has 108 valence electrons. The fourth-order valence-electron chi connectivity index (χ4n) is 2.19. The van der Waals surface area contributed by atoms with Gasteiger partial charge in [-0.25, -0.2) is 4.98 Å². The summed E-state index contributed by atoms with van der Waals surface area (Å²) in [5.41, 5.74) is 2.09. The Morgan fingerprint density at radius 3 is 2.40 bits per heavy atom. The molecule has 1 heterocycles. The molecule has 2 aromatic rings. The lowest BCUT2D eigenvalue weighted by Crippen LogP contribution is -2.06.